The van der Waals surface area contributed by atoms with Gasteiger partial charge in [0.2, 0.25) is 0 Å². The summed E-state index contributed by atoms with van der Waals surface area (Å²) < 4.78 is 4.52. The number of rotatable bonds is 4. The lowest BCUT2D eigenvalue weighted by Crippen LogP contribution is -2.12. The van der Waals surface area contributed by atoms with Crippen molar-refractivity contribution in [2.45, 2.75) is 18.9 Å². The Morgan fingerprint density at radius 3 is 3.08 bits per heavy atom. The van der Waals surface area contributed by atoms with Gasteiger partial charge in [0.25, 0.3) is 0 Å². The zero-order valence-corrected chi connectivity index (χ0v) is 7.62. The second-order valence-electron chi connectivity index (χ2n) is 2.87. The van der Waals surface area contributed by atoms with Gasteiger partial charge in [0.1, 0.15) is 0 Å². The van der Waals surface area contributed by atoms with Crippen LogP contribution in [0, 0.1) is 0 Å². The molecule has 0 aliphatic heterocycles. The van der Waals surface area contributed by atoms with E-state index in [0.717, 1.165) is 5.56 Å². The van der Waals surface area contributed by atoms with Gasteiger partial charge in [-0.1, -0.05) is 0 Å². The van der Waals surface area contributed by atoms with Crippen LogP contribution in [-0.4, -0.2) is 18.1 Å². The van der Waals surface area contributed by atoms with Gasteiger partial charge >= 0.3 is 5.97 Å². The number of aromatic amines is 1. The van der Waals surface area contributed by atoms with Crippen LogP contribution < -0.4 is 5.73 Å². The first-order chi connectivity index (χ1) is 6.24. The quantitative estimate of drug-likeness (QED) is 0.682. The van der Waals surface area contributed by atoms with Crippen molar-refractivity contribution in [2.75, 3.05) is 7.11 Å². The highest BCUT2D eigenvalue weighted by molar-refractivity contribution is 5.69. The summed E-state index contributed by atoms with van der Waals surface area (Å²) in [5.41, 5.74) is 6.83. The average molecular weight is 182 g/mol. The molecule has 1 aromatic rings. The molecule has 3 N–H and O–H groups in total. The molecular weight excluding hydrogens is 168 g/mol. The van der Waals surface area contributed by atoms with Crippen LogP contribution in [-0.2, 0) is 9.53 Å². The maximum Gasteiger partial charge on any atom is 0.305 e. The summed E-state index contributed by atoms with van der Waals surface area (Å²) >= 11 is 0. The summed E-state index contributed by atoms with van der Waals surface area (Å²) in [5.74, 6) is -0.217. The van der Waals surface area contributed by atoms with Gasteiger partial charge in [-0.2, -0.15) is 0 Å². The van der Waals surface area contributed by atoms with E-state index in [2.05, 4.69) is 9.72 Å². The fourth-order valence-corrected chi connectivity index (χ4v) is 1.11. The zero-order valence-electron chi connectivity index (χ0n) is 7.62. The predicted molar refractivity (Wildman–Crippen MR) is 49.0 cm³/mol. The SMILES string of the molecule is COC(=O)CCC(N)c1cc[nH]c1. The summed E-state index contributed by atoms with van der Waals surface area (Å²) in [6.45, 7) is 0. The third kappa shape index (κ3) is 2.91. The minimum Gasteiger partial charge on any atom is -0.469 e. The van der Waals surface area contributed by atoms with E-state index >= 15 is 0 Å². The van der Waals surface area contributed by atoms with E-state index in [1.807, 2.05) is 18.5 Å². The standard InChI is InChI=1S/C9H14N2O2/c1-13-9(12)3-2-8(10)7-4-5-11-6-7/h4-6,8,11H,2-3,10H2,1H3. The Balaban J connectivity index is 2.34. The summed E-state index contributed by atoms with van der Waals surface area (Å²) in [6.07, 6.45) is 4.63. The minimum absolute atomic E-state index is 0.0923. The largest absolute Gasteiger partial charge is 0.469 e. The fourth-order valence-electron chi connectivity index (χ4n) is 1.11. The summed E-state index contributed by atoms with van der Waals surface area (Å²) in [4.78, 5) is 13.7. The van der Waals surface area contributed by atoms with E-state index in [1.165, 1.54) is 7.11 Å². The Hall–Kier alpha value is -1.29. The van der Waals surface area contributed by atoms with E-state index < -0.39 is 0 Å². The molecule has 1 heterocycles. The predicted octanol–water partition coefficient (Wildman–Crippen LogP) is 0.968. The first kappa shape index (κ1) is 9.80. The number of hydrogen-bond donors (Lipinski definition) is 2. The molecule has 1 atom stereocenters. The maximum atomic E-state index is 10.8. The van der Waals surface area contributed by atoms with Crippen molar-refractivity contribution in [3.63, 3.8) is 0 Å². The van der Waals surface area contributed by atoms with Gasteiger partial charge in [-0.3, -0.25) is 4.79 Å². The van der Waals surface area contributed by atoms with Crippen LogP contribution in [0.3, 0.4) is 0 Å². The van der Waals surface area contributed by atoms with Gasteiger partial charge in [-0.15, -0.1) is 0 Å². The number of H-pyrrole nitrogens is 1. The van der Waals surface area contributed by atoms with E-state index in [1.54, 1.807) is 0 Å². The number of carbonyl (C=O) groups excluding carboxylic acids is 1. The van der Waals surface area contributed by atoms with E-state index in [-0.39, 0.29) is 12.0 Å². The lowest BCUT2D eigenvalue weighted by atomic mass is 10.1. The van der Waals surface area contributed by atoms with Gasteiger partial charge in [0.05, 0.1) is 7.11 Å². The van der Waals surface area contributed by atoms with E-state index in [0.29, 0.717) is 12.8 Å². The first-order valence-corrected chi connectivity index (χ1v) is 4.19. The highest BCUT2D eigenvalue weighted by atomic mass is 16.5. The molecule has 13 heavy (non-hydrogen) atoms. The number of esters is 1. The van der Waals surface area contributed by atoms with Crippen LogP contribution in [0.4, 0.5) is 0 Å². The van der Waals surface area contributed by atoms with Gasteiger partial charge in [-0.05, 0) is 18.1 Å². The number of aromatic nitrogens is 1. The lowest BCUT2D eigenvalue weighted by molar-refractivity contribution is -0.140. The van der Waals surface area contributed by atoms with E-state index in [9.17, 15) is 4.79 Å². The molecule has 0 spiro atoms. The van der Waals surface area contributed by atoms with Crippen molar-refractivity contribution in [1.82, 2.24) is 4.98 Å². The van der Waals surface area contributed by atoms with Crippen LogP contribution in [0.1, 0.15) is 24.4 Å². The third-order valence-electron chi connectivity index (χ3n) is 1.94. The monoisotopic (exact) mass is 182 g/mol. The highest BCUT2D eigenvalue weighted by Crippen LogP contribution is 2.14. The fraction of sp³-hybridized carbons (Fsp3) is 0.444. The van der Waals surface area contributed by atoms with Crippen molar-refractivity contribution >= 4 is 5.97 Å². The molecule has 0 bridgehead atoms. The molecule has 0 aliphatic carbocycles. The van der Waals surface area contributed by atoms with Crippen molar-refractivity contribution < 1.29 is 9.53 Å². The number of hydrogen-bond acceptors (Lipinski definition) is 3. The minimum atomic E-state index is -0.217. The molecule has 0 amide bonds. The molecule has 0 saturated carbocycles. The van der Waals surface area contributed by atoms with Crippen LogP contribution in [0.5, 0.6) is 0 Å². The topological polar surface area (TPSA) is 68.1 Å². The number of ether oxygens (including phenoxy) is 1. The number of nitrogens with one attached hydrogen (secondary N) is 1. The molecule has 0 radical (unpaired) electrons. The van der Waals surface area contributed by atoms with Gasteiger partial charge in [0, 0.05) is 24.9 Å². The molecular formula is C9H14N2O2. The Kier molecular flexibility index (Phi) is 3.52. The normalized spacial score (nSPS) is 12.5. The Bertz CT molecular complexity index is 257. The van der Waals surface area contributed by atoms with Crippen molar-refractivity contribution in [2.24, 2.45) is 5.73 Å². The molecule has 4 heteroatoms. The number of nitrogens with two attached hydrogens (primary N) is 1. The van der Waals surface area contributed by atoms with Crippen LogP contribution >= 0.6 is 0 Å². The van der Waals surface area contributed by atoms with Crippen LogP contribution in [0.25, 0.3) is 0 Å². The number of carbonyl (C=O) groups is 1. The molecule has 1 unspecified atom stereocenters. The van der Waals surface area contributed by atoms with Crippen molar-refractivity contribution in [1.29, 1.82) is 0 Å². The van der Waals surface area contributed by atoms with Gasteiger partial charge < -0.3 is 15.5 Å². The van der Waals surface area contributed by atoms with E-state index in [4.69, 9.17) is 5.73 Å². The second kappa shape index (κ2) is 4.67. The van der Waals surface area contributed by atoms with Crippen molar-refractivity contribution in [3.05, 3.63) is 24.0 Å². The Morgan fingerprint density at radius 2 is 2.54 bits per heavy atom. The third-order valence-corrected chi connectivity index (χ3v) is 1.94. The smallest absolute Gasteiger partial charge is 0.305 e. The average Bonchev–Trinajstić information content (AvgIpc) is 2.66. The summed E-state index contributed by atoms with van der Waals surface area (Å²) in [6, 6.07) is 1.81. The second-order valence-corrected chi connectivity index (χ2v) is 2.87. The van der Waals surface area contributed by atoms with Crippen LogP contribution in [0.15, 0.2) is 18.5 Å². The highest BCUT2D eigenvalue weighted by Gasteiger charge is 2.08. The Labute approximate surface area is 77.1 Å². The summed E-state index contributed by atoms with van der Waals surface area (Å²) in [7, 11) is 1.38. The van der Waals surface area contributed by atoms with Gasteiger partial charge in [-0.25, -0.2) is 0 Å². The molecule has 0 aliphatic rings. The molecule has 72 valence electrons. The first-order valence-electron chi connectivity index (χ1n) is 4.19. The number of methoxy groups -OCH3 is 1. The molecule has 0 aromatic carbocycles. The summed E-state index contributed by atoms with van der Waals surface area (Å²) in [5, 5.41) is 0. The Morgan fingerprint density at radius 1 is 1.77 bits per heavy atom. The molecule has 1 rings (SSSR count). The van der Waals surface area contributed by atoms with Crippen molar-refractivity contribution in [3.8, 4) is 0 Å². The molecule has 4 nitrogen and oxygen atoms in total. The maximum absolute atomic E-state index is 10.8. The van der Waals surface area contributed by atoms with Gasteiger partial charge in [0.15, 0.2) is 0 Å². The molecule has 1 aromatic heterocycles. The molecule has 0 saturated heterocycles. The zero-order chi connectivity index (χ0) is 9.68. The lowest BCUT2D eigenvalue weighted by Gasteiger charge is -2.07. The van der Waals surface area contributed by atoms with Crippen LogP contribution in [0.2, 0.25) is 0 Å². The molecule has 0 fully saturated rings.